The molecule has 6 heteroatoms. The van der Waals surface area contributed by atoms with E-state index < -0.39 is 4.92 Å². The monoisotopic (exact) mass is 339 g/mol. The molecule has 0 saturated heterocycles. The molecule has 0 radical (unpaired) electrons. The fraction of sp³-hybridized carbons (Fsp3) is 0.500. The number of rotatable bonds is 7. The lowest BCUT2D eigenvalue weighted by molar-refractivity contribution is -0.384. The van der Waals surface area contributed by atoms with Crippen LogP contribution in [0.1, 0.15) is 25.8 Å². The second kappa shape index (κ2) is 7.85. The molecular weight excluding hydrogens is 322 g/mol. The Hall–Kier alpha value is -1.61. The summed E-state index contributed by atoms with van der Waals surface area (Å²) in [7, 11) is 0. The fourth-order valence-electron chi connectivity index (χ4n) is 2.04. The molecule has 0 aliphatic heterocycles. The van der Waals surface area contributed by atoms with Gasteiger partial charge in [0.15, 0.2) is 0 Å². The van der Waals surface area contributed by atoms with E-state index >= 15 is 0 Å². The number of nitriles is 1. The van der Waals surface area contributed by atoms with E-state index in [4.69, 9.17) is 5.26 Å². The number of alkyl halides is 1. The first-order valence-corrected chi connectivity index (χ1v) is 7.57. The Morgan fingerprint density at radius 2 is 2.20 bits per heavy atom. The zero-order valence-electron chi connectivity index (χ0n) is 11.7. The SMILES string of the molecule is CC(C)CN(CCC#N)c1ccc([N+](=O)[O-])cc1CBr. The standard InChI is InChI=1S/C14H18BrN3O2/c1-11(2)10-17(7-3-6-16)14-5-4-13(18(19)20)8-12(14)9-15/h4-5,8,11H,3,7,9-10H2,1-2H3. The van der Waals surface area contributed by atoms with Crippen molar-refractivity contribution in [1.82, 2.24) is 0 Å². The number of benzene rings is 1. The topological polar surface area (TPSA) is 70.2 Å². The summed E-state index contributed by atoms with van der Waals surface area (Å²) in [6.45, 7) is 5.67. The molecular formula is C14H18BrN3O2. The van der Waals surface area contributed by atoms with Gasteiger partial charge in [-0.3, -0.25) is 10.1 Å². The highest BCUT2D eigenvalue weighted by Crippen LogP contribution is 2.28. The molecule has 0 amide bonds. The van der Waals surface area contributed by atoms with E-state index in [1.54, 1.807) is 12.1 Å². The highest BCUT2D eigenvalue weighted by Gasteiger charge is 2.15. The molecule has 0 heterocycles. The molecule has 0 fully saturated rings. The van der Waals surface area contributed by atoms with Crippen LogP contribution in [0, 0.1) is 27.4 Å². The minimum absolute atomic E-state index is 0.0907. The smallest absolute Gasteiger partial charge is 0.269 e. The maximum absolute atomic E-state index is 10.8. The highest BCUT2D eigenvalue weighted by molar-refractivity contribution is 9.08. The molecule has 0 aliphatic rings. The normalized spacial score (nSPS) is 10.3. The Morgan fingerprint density at radius 3 is 2.70 bits per heavy atom. The lowest BCUT2D eigenvalue weighted by Gasteiger charge is -2.27. The van der Waals surface area contributed by atoms with Gasteiger partial charge < -0.3 is 4.90 Å². The second-order valence-electron chi connectivity index (χ2n) is 4.95. The number of non-ortho nitro benzene ring substituents is 1. The number of anilines is 1. The van der Waals surface area contributed by atoms with Crippen LogP contribution >= 0.6 is 15.9 Å². The molecule has 0 N–H and O–H groups in total. The van der Waals surface area contributed by atoms with Crippen molar-refractivity contribution in [2.75, 3.05) is 18.0 Å². The van der Waals surface area contributed by atoms with Gasteiger partial charge in [0.1, 0.15) is 0 Å². The van der Waals surface area contributed by atoms with Crippen LogP contribution in [-0.4, -0.2) is 18.0 Å². The lowest BCUT2D eigenvalue weighted by atomic mass is 10.1. The van der Waals surface area contributed by atoms with Crippen molar-refractivity contribution < 1.29 is 4.92 Å². The average Bonchev–Trinajstić information content (AvgIpc) is 2.42. The van der Waals surface area contributed by atoms with Crippen LogP contribution in [0.5, 0.6) is 0 Å². The third-order valence-electron chi connectivity index (χ3n) is 2.84. The summed E-state index contributed by atoms with van der Waals surface area (Å²) in [6.07, 6.45) is 0.436. The molecule has 0 aromatic heterocycles. The minimum atomic E-state index is -0.391. The average molecular weight is 340 g/mol. The quantitative estimate of drug-likeness (QED) is 0.429. The zero-order chi connectivity index (χ0) is 15.1. The van der Waals surface area contributed by atoms with Crippen LogP contribution in [0.2, 0.25) is 0 Å². The molecule has 5 nitrogen and oxygen atoms in total. The number of halogens is 1. The third kappa shape index (κ3) is 4.49. The molecule has 0 aliphatic carbocycles. The number of hydrogen-bond donors (Lipinski definition) is 0. The van der Waals surface area contributed by atoms with E-state index in [0.717, 1.165) is 17.8 Å². The molecule has 20 heavy (non-hydrogen) atoms. The van der Waals surface area contributed by atoms with Gasteiger partial charge in [-0.05, 0) is 17.5 Å². The maximum Gasteiger partial charge on any atom is 0.269 e. The first kappa shape index (κ1) is 16.4. The summed E-state index contributed by atoms with van der Waals surface area (Å²) in [6, 6.07) is 7.02. The predicted molar refractivity (Wildman–Crippen MR) is 83.0 cm³/mol. The number of nitro benzene ring substituents is 1. The lowest BCUT2D eigenvalue weighted by Crippen LogP contribution is -2.29. The van der Waals surface area contributed by atoms with E-state index in [2.05, 4.69) is 40.7 Å². The molecule has 1 aromatic carbocycles. The first-order valence-electron chi connectivity index (χ1n) is 6.44. The molecule has 0 spiro atoms. The van der Waals surface area contributed by atoms with E-state index in [0.29, 0.717) is 24.2 Å². The van der Waals surface area contributed by atoms with Crippen LogP contribution in [-0.2, 0) is 5.33 Å². The molecule has 1 aromatic rings. The van der Waals surface area contributed by atoms with Gasteiger partial charge in [-0.15, -0.1) is 0 Å². The summed E-state index contributed by atoms with van der Waals surface area (Å²) < 4.78 is 0. The summed E-state index contributed by atoms with van der Waals surface area (Å²) in [5, 5.41) is 20.1. The number of hydrogen-bond acceptors (Lipinski definition) is 4. The molecule has 108 valence electrons. The van der Waals surface area contributed by atoms with Crippen molar-refractivity contribution in [3.63, 3.8) is 0 Å². The Bertz CT molecular complexity index is 512. The van der Waals surface area contributed by atoms with Crippen molar-refractivity contribution in [3.8, 4) is 6.07 Å². The highest BCUT2D eigenvalue weighted by atomic mass is 79.9. The van der Waals surface area contributed by atoms with E-state index in [9.17, 15) is 10.1 Å². The molecule has 1 rings (SSSR count). The molecule has 0 bridgehead atoms. The summed E-state index contributed by atoms with van der Waals surface area (Å²) in [4.78, 5) is 12.6. The Labute approximate surface area is 127 Å². The van der Waals surface area contributed by atoms with Gasteiger partial charge >= 0.3 is 0 Å². The van der Waals surface area contributed by atoms with Crippen LogP contribution in [0.4, 0.5) is 11.4 Å². The zero-order valence-corrected chi connectivity index (χ0v) is 13.3. The van der Waals surface area contributed by atoms with E-state index in [1.165, 1.54) is 6.07 Å². The minimum Gasteiger partial charge on any atom is -0.370 e. The van der Waals surface area contributed by atoms with Gasteiger partial charge in [-0.2, -0.15) is 5.26 Å². The van der Waals surface area contributed by atoms with Crippen LogP contribution < -0.4 is 4.90 Å². The maximum atomic E-state index is 10.8. The van der Waals surface area contributed by atoms with Crippen molar-refractivity contribution in [1.29, 1.82) is 5.26 Å². The Kier molecular flexibility index (Phi) is 6.46. The van der Waals surface area contributed by atoms with Gasteiger partial charge in [0.2, 0.25) is 0 Å². The van der Waals surface area contributed by atoms with Crippen LogP contribution in [0.15, 0.2) is 18.2 Å². The fourth-order valence-corrected chi connectivity index (χ4v) is 2.49. The number of nitrogens with zero attached hydrogens (tertiary/aromatic N) is 3. The van der Waals surface area contributed by atoms with Gasteiger partial charge in [-0.1, -0.05) is 29.8 Å². The van der Waals surface area contributed by atoms with Gasteiger partial charge in [0, 0.05) is 36.2 Å². The molecule has 0 saturated carbocycles. The second-order valence-corrected chi connectivity index (χ2v) is 5.51. The summed E-state index contributed by atoms with van der Waals surface area (Å²) in [5.41, 5.74) is 1.92. The van der Waals surface area contributed by atoms with Gasteiger partial charge in [0.25, 0.3) is 5.69 Å². The first-order chi connectivity index (χ1) is 9.49. The van der Waals surface area contributed by atoms with Gasteiger partial charge in [0.05, 0.1) is 17.4 Å². The largest absolute Gasteiger partial charge is 0.370 e. The summed E-state index contributed by atoms with van der Waals surface area (Å²) in [5.74, 6) is 0.451. The van der Waals surface area contributed by atoms with Crippen LogP contribution in [0.25, 0.3) is 0 Å². The van der Waals surface area contributed by atoms with E-state index in [1.807, 2.05) is 0 Å². The summed E-state index contributed by atoms with van der Waals surface area (Å²) >= 11 is 3.38. The van der Waals surface area contributed by atoms with Crippen molar-refractivity contribution >= 4 is 27.3 Å². The molecule has 0 atom stereocenters. The van der Waals surface area contributed by atoms with Crippen molar-refractivity contribution in [3.05, 3.63) is 33.9 Å². The van der Waals surface area contributed by atoms with Crippen molar-refractivity contribution in [2.24, 2.45) is 5.92 Å². The Morgan fingerprint density at radius 1 is 1.50 bits per heavy atom. The van der Waals surface area contributed by atoms with Crippen molar-refractivity contribution in [2.45, 2.75) is 25.6 Å². The van der Waals surface area contributed by atoms with E-state index in [-0.39, 0.29) is 5.69 Å². The molecule has 0 unspecified atom stereocenters. The van der Waals surface area contributed by atoms with Crippen LogP contribution in [0.3, 0.4) is 0 Å². The predicted octanol–water partition coefficient (Wildman–Crippen LogP) is 3.87. The third-order valence-corrected chi connectivity index (χ3v) is 3.44. The Balaban J connectivity index is 3.11. The number of nitro groups is 1. The van der Waals surface area contributed by atoms with Gasteiger partial charge in [-0.25, -0.2) is 0 Å².